The average Bonchev–Trinajstić information content (AvgIpc) is 2.81. The molecule has 106 valence electrons. The molecular weight excluding hydrogens is 226 g/mol. The number of nitrogens with two attached hydrogens (primary N) is 1. The second-order valence-corrected chi connectivity index (χ2v) is 5.51. The summed E-state index contributed by atoms with van der Waals surface area (Å²) in [6, 6.07) is 0. The molecule has 1 fully saturated rings. The molecule has 0 saturated heterocycles. The molecule has 1 aliphatic carbocycles. The molecule has 0 atom stereocenters. The summed E-state index contributed by atoms with van der Waals surface area (Å²) < 4.78 is 5.77. The molecule has 0 unspecified atom stereocenters. The first-order valence-electron chi connectivity index (χ1n) is 7.34. The van der Waals surface area contributed by atoms with Crippen LogP contribution in [-0.4, -0.2) is 31.8 Å². The third-order valence-electron chi connectivity index (χ3n) is 3.27. The SMILES string of the molecule is CC(C)CCNC(N)=NCCCOC1CCCC1. The van der Waals surface area contributed by atoms with Crippen LogP contribution in [0.1, 0.15) is 52.4 Å². The van der Waals surface area contributed by atoms with Crippen molar-refractivity contribution >= 4 is 5.96 Å². The Kier molecular flexibility index (Phi) is 7.81. The topological polar surface area (TPSA) is 59.6 Å². The number of hydrogen-bond donors (Lipinski definition) is 2. The first kappa shape index (κ1) is 15.3. The van der Waals surface area contributed by atoms with E-state index in [4.69, 9.17) is 10.5 Å². The number of guanidine groups is 1. The second kappa shape index (κ2) is 9.20. The minimum Gasteiger partial charge on any atom is -0.378 e. The summed E-state index contributed by atoms with van der Waals surface area (Å²) >= 11 is 0. The molecule has 0 aliphatic heterocycles. The predicted molar refractivity (Wildman–Crippen MR) is 76.8 cm³/mol. The van der Waals surface area contributed by atoms with Crippen molar-refractivity contribution in [2.24, 2.45) is 16.6 Å². The summed E-state index contributed by atoms with van der Waals surface area (Å²) in [5, 5.41) is 3.13. The van der Waals surface area contributed by atoms with Crippen LogP contribution in [0.2, 0.25) is 0 Å². The third-order valence-corrected chi connectivity index (χ3v) is 3.27. The van der Waals surface area contributed by atoms with Gasteiger partial charge in [-0.2, -0.15) is 0 Å². The Morgan fingerprint density at radius 3 is 2.78 bits per heavy atom. The van der Waals surface area contributed by atoms with Crippen molar-refractivity contribution in [2.75, 3.05) is 19.7 Å². The minimum absolute atomic E-state index is 0.510. The van der Waals surface area contributed by atoms with Crippen molar-refractivity contribution in [3.63, 3.8) is 0 Å². The molecule has 0 spiro atoms. The van der Waals surface area contributed by atoms with E-state index in [1.165, 1.54) is 25.7 Å². The Balaban J connectivity index is 1.94. The predicted octanol–water partition coefficient (Wildman–Crippen LogP) is 2.29. The monoisotopic (exact) mass is 255 g/mol. The molecule has 4 nitrogen and oxygen atoms in total. The van der Waals surface area contributed by atoms with Crippen molar-refractivity contribution in [3.05, 3.63) is 0 Å². The zero-order chi connectivity index (χ0) is 13.2. The van der Waals surface area contributed by atoms with E-state index in [9.17, 15) is 0 Å². The fourth-order valence-corrected chi connectivity index (χ4v) is 2.11. The lowest BCUT2D eigenvalue weighted by Crippen LogP contribution is -2.33. The highest BCUT2D eigenvalue weighted by Crippen LogP contribution is 2.20. The summed E-state index contributed by atoms with van der Waals surface area (Å²) in [6.07, 6.45) is 7.73. The number of ether oxygens (including phenoxy) is 1. The van der Waals surface area contributed by atoms with E-state index < -0.39 is 0 Å². The van der Waals surface area contributed by atoms with Gasteiger partial charge in [-0.05, 0) is 31.6 Å². The number of aliphatic imine (C=N–C) groups is 1. The maximum absolute atomic E-state index is 5.77. The Morgan fingerprint density at radius 2 is 2.11 bits per heavy atom. The Bertz CT molecular complexity index is 235. The summed E-state index contributed by atoms with van der Waals surface area (Å²) in [6.45, 7) is 6.89. The fourth-order valence-electron chi connectivity index (χ4n) is 2.11. The zero-order valence-corrected chi connectivity index (χ0v) is 12.0. The lowest BCUT2D eigenvalue weighted by Gasteiger charge is -2.10. The van der Waals surface area contributed by atoms with Gasteiger partial charge in [0.25, 0.3) is 0 Å². The van der Waals surface area contributed by atoms with Crippen LogP contribution in [-0.2, 0) is 4.74 Å². The van der Waals surface area contributed by atoms with Crippen LogP contribution in [0.3, 0.4) is 0 Å². The number of hydrogen-bond acceptors (Lipinski definition) is 2. The van der Waals surface area contributed by atoms with Gasteiger partial charge in [0.15, 0.2) is 5.96 Å². The quantitative estimate of drug-likeness (QED) is 0.397. The van der Waals surface area contributed by atoms with Crippen molar-refractivity contribution < 1.29 is 4.74 Å². The highest BCUT2D eigenvalue weighted by molar-refractivity contribution is 5.77. The van der Waals surface area contributed by atoms with Crippen LogP contribution in [0.15, 0.2) is 4.99 Å². The van der Waals surface area contributed by atoms with E-state index in [0.717, 1.165) is 32.5 Å². The number of nitrogens with one attached hydrogen (secondary N) is 1. The normalized spacial score (nSPS) is 17.6. The molecule has 0 heterocycles. The van der Waals surface area contributed by atoms with E-state index in [1.807, 2.05) is 0 Å². The molecule has 0 amide bonds. The Morgan fingerprint density at radius 1 is 1.39 bits per heavy atom. The van der Waals surface area contributed by atoms with E-state index in [2.05, 4.69) is 24.2 Å². The molecule has 3 N–H and O–H groups in total. The van der Waals surface area contributed by atoms with Gasteiger partial charge in [0, 0.05) is 19.7 Å². The highest BCUT2D eigenvalue weighted by Gasteiger charge is 2.14. The van der Waals surface area contributed by atoms with Crippen LogP contribution < -0.4 is 11.1 Å². The smallest absolute Gasteiger partial charge is 0.188 e. The molecule has 18 heavy (non-hydrogen) atoms. The number of rotatable bonds is 8. The van der Waals surface area contributed by atoms with E-state index in [0.29, 0.717) is 18.0 Å². The Labute approximate surface area is 111 Å². The van der Waals surface area contributed by atoms with E-state index in [1.54, 1.807) is 0 Å². The molecule has 0 radical (unpaired) electrons. The van der Waals surface area contributed by atoms with Crippen molar-refractivity contribution in [1.29, 1.82) is 0 Å². The average molecular weight is 255 g/mol. The van der Waals surface area contributed by atoms with Crippen molar-refractivity contribution in [1.82, 2.24) is 5.32 Å². The molecule has 1 rings (SSSR count). The highest BCUT2D eigenvalue weighted by atomic mass is 16.5. The second-order valence-electron chi connectivity index (χ2n) is 5.51. The molecule has 0 aromatic heterocycles. The molecule has 1 aliphatic rings. The molecule has 4 heteroatoms. The van der Waals surface area contributed by atoms with Gasteiger partial charge in [-0.1, -0.05) is 26.7 Å². The molecule has 0 aromatic rings. The maximum atomic E-state index is 5.77. The largest absolute Gasteiger partial charge is 0.378 e. The van der Waals surface area contributed by atoms with Gasteiger partial charge in [-0.25, -0.2) is 0 Å². The molecule has 0 bridgehead atoms. The van der Waals surface area contributed by atoms with Crippen LogP contribution in [0.5, 0.6) is 0 Å². The maximum Gasteiger partial charge on any atom is 0.188 e. The summed E-state index contributed by atoms with van der Waals surface area (Å²) in [7, 11) is 0. The first-order valence-corrected chi connectivity index (χ1v) is 7.34. The van der Waals surface area contributed by atoms with E-state index in [-0.39, 0.29) is 0 Å². The zero-order valence-electron chi connectivity index (χ0n) is 12.0. The van der Waals surface area contributed by atoms with Gasteiger partial charge < -0.3 is 15.8 Å². The molecule has 0 aromatic carbocycles. The third kappa shape index (κ3) is 7.54. The van der Waals surface area contributed by atoms with Crippen LogP contribution in [0.4, 0.5) is 0 Å². The van der Waals surface area contributed by atoms with Gasteiger partial charge in [0.05, 0.1) is 6.10 Å². The van der Waals surface area contributed by atoms with Gasteiger partial charge in [0.2, 0.25) is 0 Å². The summed E-state index contributed by atoms with van der Waals surface area (Å²) in [5.41, 5.74) is 5.76. The summed E-state index contributed by atoms with van der Waals surface area (Å²) in [5.74, 6) is 1.27. The fraction of sp³-hybridized carbons (Fsp3) is 0.929. The van der Waals surface area contributed by atoms with Crippen molar-refractivity contribution in [3.8, 4) is 0 Å². The van der Waals surface area contributed by atoms with Crippen LogP contribution >= 0.6 is 0 Å². The minimum atomic E-state index is 0.510. The van der Waals surface area contributed by atoms with E-state index >= 15 is 0 Å². The van der Waals surface area contributed by atoms with Gasteiger partial charge in [-0.15, -0.1) is 0 Å². The standard InChI is InChI=1S/C14H29N3O/c1-12(2)8-10-17-14(15)16-9-5-11-18-13-6-3-4-7-13/h12-13H,3-11H2,1-2H3,(H3,15,16,17). The Hall–Kier alpha value is -0.770. The first-order chi connectivity index (χ1) is 8.68. The summed E-state index contributed by atoms with van der Waals surface area (Å²) in [4.78, 5) is 4.29. The van der Waals surface area contributed by atoms with Gasteiger partial charge in [-0.3, -0.25) is 4.99 Å². The lowest BCUT2D eigenvalue weighted by molar-refractivity contribution is 0.0579. The molecule has 1 saturated carbocycles. The van der Waals surface area contributed by atoms with Crippen LogP contribution in [0, 0.1) is 5.92 Å². The van der Waals surface area contributed by atoms with Crippen molar-refractivity contribution in [2.45, 2.75) is 58.5 Å². The van der Waals surface area contributed by atoms with Gasteiger partial charge >= 0.3 is 0 Å². The molecular formula is C14H29N3O. The number of nitrogens with zero attached hydrogens (tertiary/aromatic N) is 1. The van der Waals surface area contributed by atoms with Crippen LogP contribution in [0.25, 0.3) is 0 Å². The lowest BCUT2D eigenvalue weighted by atomic mass is 10.1. The van der Waals surface area contributed by atoms with Gasteiger partial charge in [0.1, 0.15) is 0 Å².